The van der Waals surface area contributed by atoms with E-state index in [0.29, 0.717) is 16.3 Å². The second-order valence-electron chi connectivity index (χ2n) is 4.79. The van der Waals surface area contributed by atoms with Gasteiger partial charge in [0.15, 0.2) is 0 Å². The topological polar surface area (TPSA) is 55.4 Å². The molecule has 0 spiro atoms. The zero-order chi connectivity index (χ0) is 15.4. The number of amides is 1. The molecule has 5 heteroatoms. The molecule has 0 saturated heterocycles. The van der Waals surface area contributed by atoms with Crippen molar-refractivity contribution in [3.05, 3.63) is 53.6 Å². The van der Waals surface area contributed by atoms with Crippen LogP contribution in [0.2, 0.25) is 0 Å². The van der Waals surface area contributed by atoms with Crippen molar-refractivity contribution in [2.24, 2.45) is 0 Å². The van der Waals surface area contributed by atoms with Crippen molar-refractivity contribution in [1.82, 2.24) is 0 Å². The first-order valence-corrected chi connectivity index (χ1v) is 7.58. The number of nitrogens with one attached hydrogen (secondary N) is 1. The fraction of sp³-hybridized carbons (Fsp3) is 0.188. The van der Waals surface area contributed by atoms with Crippen LogP contribution >= 0.6 is 0 Å². The second kappa shape index (κ2) is 6.54. The van der Waals surface area contributed by atoms with E-state index in [9.17, 15) is 9.00 Å². The van der Waals surface area contributed by atoms with Crippen LogP contribution in [0.25, 0.3) is 0 Å². The van der Waals surface area contributed by atoms with Gasteiger partial charge in [-0.05, 0) is 49.7 Å². The van der Waals surface area contributed by atoms with E-state index in [1.807, 2.05) is 32.0 Å². The molecule has 4 nitrogen and oxygen atoms in total. The first-order chi connectivity index (χ1) is 9.95. The van der Waals surface area contributed by atoms with Crippen LogP contribution in [0.1, 0.15) is 18.1 Å². The second-order valence-corrected chi connectivity index (χ2v) is 5.87. The highest BCUT2D eigenvalue weighted by molar-refractivity contribution is 7.80. The van der Waals surface area contributed by atoms with Crippen molar-refractivity contribution >= 4 is 22.7 Å². The van der Waals surface area contributed by atoms with Crippen LogP contribution in [-0.2, 0) is 15.9 Å². The molecule has 21 heavy (non-hydrogen) atoms. The van der Waals surface area contributed by atoms with Gasteiger partial charge in [0.2, 0.25) is 17.0 Å². The smallest absolute Gasteiger partial charge is 0.240 e. The van der Waals surface area contributed by atoms with Gasteiger partial charge in [0, 0.05) is 12.6 Å². The van der Waals surface area contributed by atoms with Crippen LogP contribution in [0.15, 0.2) is 47.4 Å². The van der Waals surface area contributed by atoms with Crippen LogP contribution in [0.5, 0.6) is 5.75 Å². The zero-order valence-corrected chi connectivity index (χ0v) is 13.0. The summed E-state index contributed by atoms with van der Waals surface area (Å²) in [6.45, 7) is 5.34. The maximum absolute atomic E-state index is 12.2. The van der Waals surface area contributed by atoms with Gasteiger partial charge in [-0.1, -0.05) is 17.7 Å². The van der Waals surface area contributed by atoms with Gasteiger partial charge in [-0.15, -0.1) is 0 Å². The lowest BCUT2D eigenvalue weighted by molar-refractivity contribution is -0.114. The summed E-state index contributed by atoms with van der Waals surface area (Å²) in [4.78, 5) is 11.6. The Morgan fingerprint density at radius 2 is 1.76 bits per heavy atom. The Bertz CT molecular complexity index is 680. The third-order valence-electron chi connectivity index (χ3n) is 2.86. The molecule has 2 aromatic carbocycles. The van der Waals surface area contributed by atoms with Gasteiger partial charge < -0.3 is 9.50 Å². The first-order valence-electron chi connectivity index (χ1n) is 6.51. The monoisotopic (exact) mass is 303 g/mol. The van der Waals surface area contributed by atoms with E-state index < -0.39 is 11.1 Å². The fourth-order valence-corrected chi connectivity index (χ4v) is 2.79. The van der Waals surface area contributed by atoms with Gasteiger partial charge in [0.1, 0.15) is 5.75 Å². The highest BCUT2D eigenvalue weighted by Gasteiger charge is 2.10. The molecule has 2 aromatic rings. The predicted octanol–water partition coefficient (Wildman–Crippen LogP) is 3.36. The Hall–Kier alpha value is -2.14. The summed E-state index contributed by atoms with van der Waals surface area (Å²) >= 11 is -1.56. The fourth-order valence-electron chi connectivity index (χ4n) is 1.92. The summed E-state index contributed by atoms with van der Waals surface area (Å²) in [6.07, 6.45) is 0. The Balaban J connectivity index is 2.10. The summed E-state index contributed by atoms with van der Waals surface area (Å²) in [5, 5.41) is 2.66. The molecule has 2 rings (SSSR count). The van der Waals surface area contributed by atoms with Crippen molar-refractivity contribution in [1.29, 1.82) is 0 Å². The Morgan fingerprint density at radius 1 is 1.10 bits per heavy atom. The molecule has 0 aliphatic rings. The van der Waals surface area contributed by atoms with E-state index >= 15 is 0 Å². The molecule has 0 heterocycles. The van der Waals surface area contributed by atoms with Crippen molar-refractivity contribution in [2.45, 2.75) is 25.7 Å². The molecule has 0 aliphatic carbocycles. The molecular weight excluding hydrogens is 286 g/mol. The largest absolute Gasteiger partial charge is 0.397 e. The Kier molecular flexibility index (Phi) is 4.75. The normalized spacial score (nSPS) is 11.8. The number of hydrogen-bond donors (Lipinski definition) is 1. The van der Waals surface area contributed by atoms with E-state index in [0.717, 1.165) is 11.1 Å². The number of anilines is 1. The van der Waals surface area contributed by atoms with Crippen LogP contribution in [0.4, 0.5) is 5.69 Å². The predicted molar refractivity (Wildman–Crippen MR) is 83.7 cm³/mol. The van der Waals surface area contributed by atoms with E-state index in [-0.39, 0.29) is 5.91 Å². The van der Waals surface area contributed by atoms with Gasteiger partial charge in [-0.2, -0.15) is 0 Å². The molecule has 110 valence electrons. The van der Waals surface area contributed by atoms with Gasteiger partial charge in [0.05, 0.1) is 4.90 Å². The minimum absolute atomic E-state index is 0.137. The zero-order valence-electron chi connectivity index (χ0n) is 12.2. The number of carbonyl (C=O) groups excluding carboxylic acids is 1. The van der Waals surface area contributed by atoms with E-state index in [2.05, 4.69) is 5.32 Å². The van der Waals surface area contributed by atoms with Gasteiger partial charge in [0.25, 0.3) is 0 Å². The SMILES string of the molecule is CC(=O)Nc1ccc(OS(=O)c2ccc(C)cc2C)cc1. The maximum Gasteiger partial charge on any atom is 0.240 e. The molecule has 0 saturated carbocycles. The third kappa shape index (κ3) is 4.16. The highest BCUT2D eigenvalue weighted by atomic mass is 32.2. The lowest BCUT2D eigenvalue weighted by Crippen LogP contribution is -2.06. The maximum atomic E-state index is 12.2. The molecule has 1 amide bonds. The quantitative estimate of drug-likeness (QED) is 0.942. The van der Waals surface area contributed by atoms with Crippen LogP contribution in [-0.4, -0.2) is 10.1 Å². The Morgan fingerprint density at radius 3 is 2.33 bits per heavy atom. The standard InChI is InChI=1S/C16H17NO3S/c1-11-4-9-16(12(2)10-11)21(19)20-15-7-5-14(6-8-15)17-13(3)18/h4-10H,1-3H3,(H,17,18). The molecule has 0 fully saturated rings. The number of carbonyl (C=O) groups is 1. The average Bonchev–Trinajstić information content (AvgIpc) is 2.40. The number of rotatable bonds is 4. The van der Waals surface area contributed by atoms with Crippen LogP contribution in [0, 0.1) is 13.8 Å². The number of benzene rings is 2. The molecule has 0 aromatic heterocycles. The van der Waals surface area contributed by atoms with Gasteiger partial charge in [-0.3, -0.25) is 4.79 Å². The van der Waals surface area contributed by atoms with Gasteiger partial charge >= 0.3 is 0 Å². The minimum atomic E-state index is -1.56. The van der Waals surface area contributed by atoms with Gasteiger partial charge in [-0.25, -0.2) is 4.21 Å². The summed E-state index contributed by atoms with van der Waals surface area (Å²) in [6, 6.07) is 12.4. The summed E-state index contributed by atoms with van der Waals surface area (Å²) in [7, 11) is 0. The molecule has 0 radical (unpaired) electrons. The van der Waals surface area contributed by atoms with E-state index in [1.165, 1.54) is 6.92 Å². The van der Waals surface area contributed by atoms with E-state index in [4.69, 9.17) is 4.18 Å². The minimum Gasteiger partial charge on any atom is -0.397 e. The highest BCUT2D eigenvalue weighted by Crippen LogP contribution is 2.21. The number of hydrogen-bond acceptors (Lipinski definition) is 3. The molecule has 1 atom stereocenters. The lowest BCUT2D eigenvalue weighted by Gasteiger charge is -2.09. The molecule has 1 N–H and O–H groups in total. The van der Waals surface area contributed by atoms with Crippen molar-refractivity contribution < 1.29 is 13.2 Å². The number of aryl methyl sites for hydroxylation is 2. The molecule has 0 aliphatic heterocycles. The lowest BCUT2D eigenvalue weighted by atomic mass is 10.2. The van der Waals surface area contributed by atoms with Crippen molar-refractivity contribution in [3.8, 4) is 5.75 Å². The van der Waals surface area contributed by atoms with Crippen LogP contribution in [0.3, 0.4) is 0 Å². The molecular formula is C16H17NO3S. The van der Waals surface area contributed by atoms with Crippen molar-refractivity contribution in [2.75, 3.05) is 5.32 Å². The summed E-state index contributed by atoms with van der Waals surface area (Å²) in [5.74, 6) is 0.352. The third-order valence-corrected chi connectivity index (χ3v) is 4.02. The van der Waals surface area contributed by atoms with Crippen molar-refractivity contribution in [3.63, 3.8) is 0 Å². The first kappa shape index (κ1) is 15.3. The van der Waals surface area contributed by atoms with Crippen LogP contribution < -0.4 is 9.50 Å². The summed E-state index contributed by atoms with van der Waals surface area (Å²) < 4.78 is 17.7. The Labute approximate surface area is 126 Å². The van der Waals surface area contributed by atoms with E-state index in [1.54, 1.807) is 24.3 Å². The average molecular weight is 303 g/mol. The molecule has 0 bridgehead atoms. The summed E-state index contributed by atoms with van der Waals surface area (Å²) in [5.41, 5.74) is 2.73. The molecule has 1 unspecified atom stereocenters.